The van der Waals surface area contributed by atoms with Gasteiger partial charge in [0.05, 0.1) is 20.1 Å². The molecule has 0 atom stereocenters. The molecule has 0 amide bonds. The van der Waals surface area contributed by atoms with Crippen LogP contribution in [0.25, 0.3) is 0 Å². The molecule has 0 aliphatic heterocycles. The van der Waals surface area contributed by atoms with Crippen molar-refractivity contribution in [3.63, 3.8) is 0 Å². The number of hydrogen-bond donors (Lipinski definition) is 0. The summed E-state index contributed by atoms with van der Waals surface area (Å²) in [6.07, 6.45) is 0.279. The summed E-state index contributed by atoms with van der Waals surface area (Å²) < 4.78 is 10.0. The largest absolute Gasteiger partial charge is 0.493 e. The number of hydrogen-bond acceptors (Lipinski definition) is 3. The van der Waals surface area contributed by atoms with Crippen molar-refractivity contribution in [2.45, 2.75) is 33.1 Å². The van der Waals surface area contributed by atoms with Gasteiger partial charge >= 0.3 is 5.97 Å². The van der Waals surface area contributed by atoms with E-state index in [1.54, 1.807) is 0 Å². The van der Waals surface area contributed by atoms with E-state index in [2.05, 4.69) is 31.6 Å². The van der Waals surface area contributed by atoms with Crippen LogP contribution in [0.15, 0.2) is 18.2 Å². The average Bonchev–Trinajstić information content (AvgIpc) is 2.28. The third-order valence-electron chi connectivity index (χ3n) is 2.67. The summed E-state index contributed by atoms with van der Waals surface area (Å²) in [7, 11) is 1.38. The molecule has 0 radical (unpaired) electrons. The van der Waals surface area contributed by atoms with Gasteiger partial charge in [0.1, 0.15) is 5.75 Å². The number of carbonyl (C=O) groups is 1. The van der Waals surface area contributed by atoms with Gasteiger partial charge in [0.25, 0.3) is 0 Å². The number of carbonyl (C=O) groups excluding carboxylic acids is 1. The fourth-order valence-electron chi connectivity index (χ4n) is 1.74. The summed E-state index contributed by atoms with van der Waals surface area (Å²) in [4.78, 5) is 10.9. The number of ether oxygens (including phenoxy) is 2. The molecule has 0 saturated carbocycles. The van der Waals surface area contributed by atoms with E-state index >= 15 is 0 Å². The molecule has 0 fully saturated rings. The number of rotatable bonds is 5. The number of aryl methyl sites for hydroxylation is 1. The molecular weight excluding hydrogens is 216 g/mol. The molecule has 3 heteroatoms. The third-order valence-corrected chi connectivity index (χ3v) is 2.67. The first-order valence-electron chi connectivity index (χ1n) is 5.84. The van der Waals surface area contributed by atoms with Crippen molar-refractivity contribution in [1.29, 1.82) is 0 Å². The minimum atomic E-state index is -0.250. The molecule has 0 spiro atoms. The highest BCUT2D eigenvalue weighted by Crippen LogP contribution is 2.23. The Hall–Kier alpha value is -1.51. The zero-order valence-corrected chi connectivity index (χ0v) is 10.9. The normalized spacial score (nSPS) is 10.4. The van der Waals surface area contributed by atoms with Crippen molar-refractivity contribution in [3.05, 3.63) is 29.3 Å². The van der Waals surface area contributed by atoms with Crippen molar-refractivity contribution in [2.24, 2.45) is 0 Å². The minimum absolute atomic E-state index is 0.250. The number of esters is 1. The molecule has 1 aromatic carbocycles. The first-order valence-corrected chi connectivity index (χ1v) is 5.84. The molecule has 17 heavy (non-hydrogen) atoms. The number of methoxy groups -OCH3 is 1. The van der Waals surface area contributed by atoms with Crippen molar-refractivity contribution >= 4 is 5.97 Å². The molecule has 3 nitrogen and oxygen atoms in total. The van der Waals surface area contributed by atoms with Crippen LogP contribution < -0.4 is 4.74 Å². The highest BCUT2D eigenvalue weighted by Gasteiger charge is 2.05. The van der Waals surface area contributed by atoms with Gasteiger partial charge in [0.2, 0.25) is 0 Å². The summed E-state index contributed by atoms with van der Waals surface area (Å²) >= 11 is 0. The van der Waals surface area contributed by atoms with Crippen LogP contribution in [0.5, 0.6) is 5.75 Å². The van der Waals surface area contributed by atoms with E-state index in [1.807, 2.05) is 12.1 Å². The molecule has 0 aliphatic rings. The van der Waals surface area contributed by atoms with Crippen molar-refractivity contribution in [1.82, 2.24) is 0 Å². The van der Waals surface area contributed by atoms with Crippen LogP contribution in [-0.2, 0) is 9.53 Å². The monoisotopic (exact) mass is 236 g/mol. The zero-order valence-electron chi connectivity index (χ0n) is 10.9. The fourth-order valence-corrected chi connectivity index (χ4v) is 1.74. The molecular formula is C14H20O3. The molecule has 0 unspecified atom stereocenters. The van der Waals surface area contributed by atoms with Crippen LogP contribution in [0.1, 0.15) is 37.3 Å². The van der Waals surface area contributed by atoms with E-state index in [-0.39, 0.29) is 12.4 Å². The summed E-state index contributed by atoms with van der Waals surface area (Å²) in [5, 5.41) is 0. The van der Waals surface area contributed by atoms with Crippen molar-refractivity contribution in [2.75, 3.05) is 13.7 Å². The quantitative estimate of drug-likeness (QED) is 0.737. The molecule has 0 N–H and O–H groups in total. The minimum Gasteiger partial charge on any atom is -0.493 e. The number of benzene rings is 1. The average molecular weight is 236 g/mol. The van der Waals surface area contributed by atoms with Gasteiger partial charge in [-0.2, -0.15) is 0 Å². The zero-order chi connectivity index (χ0) is 12.8. The Morgan fingerprint density at radius 1 is 1.35 bits per heavy atom. The van der Waals surface area contributed by atoms with Gasteiger partial charge in [-0.15, -0.1) is 0 Å². The Bertz CT molecular complexity index is 383. The van der Waals surface area contributed by atoms with E-state index in [4.69, 9.17) is 4.74 Å². The maximum absolute atomic E-state index is 10.9. The van der Waals surface area contributed by atoms with E-state index in [9.17, 15) is 4.79 Å². The van der Waals surface area contributed by atoms with Crippen LogP contribution in [-0.4, -0.2) is 19.7 Å². The maximum Gasteiger partial charge on any atom is 0.308 e. The second-order valence-electron chi connectivity index (χ2n) is 4.35. The van der Waals surface area contributed by atoms with Crippen LogP contribution in [0.4, 0.5) is 0 Å². The Kier molecular flexibility index (Phi) is 5.01. The second-order valence-corrected chi connectivity index (χ2v) is 4.35. The molecule has 1 aromatic rings. The molecule has 0 heterocycles. The highest BCUT2D eigenvalue weighted by atomic mass is 16.5. The van der Waals surface area contributed by atoms with Gasteiger partial charge in [0.15, 0.2) is 0 Å². The Morgan fingerprint density at radius 3 is 2.59 bits per heavy atom. The van der Waals surface area contributed by atoms with Gasteiger partial charge in [-0.3, -0.25) is 4.79 Å². The van der Waals surface area contributed by atoms with Gasteiger partial charge in [-0.1, -0.05) is 19.9 Å². The van der Waals surface area contributed by atoms with Gasteiger partial charge in [0, 0.05) is 0 Å². The maximum atomic E-state index is 10.9. The molecule has 0 bridgehead atoms. The van der Waals surface area contributed by atoms with Gasteiger partial charge < -0.3 is 9.47 Å². The molecule has 94 valence electrons. The predicted molar refractivity (Wildman–Crippen MR) is 67.4 cm³/mol. The van der Waals surface area contributed by atoms with E-state index in [0.717, 1.165) is 5.75 Å². The lowest BCUT2D eigenvalue weighted by Gasteiger charge is -2.12. The Balaban J connectivity index is 2.56. The lowest BCUT2D eigenvalue weighted by molar-refractivity contribution is -0.141. The Labute approximate surface area is 103 Å². The van der Waals surface area contributed by atoms with Crippen molar-refractivity contribution in [3.8, 4) is 5.75 Å². The smallest absolute Gasteiger partial charge is 0.308 e. The second kappa shape index (κ2) is 6.28. The molecule has 0 aliphatic carbocycles. The van der Waals surface area contributed by atoms with Gasteiger partial charge in [-0.25, -0.2) is 0 Å². The first-order chi connectivity index (χ1) is 8.04. The summed E-state index contributed by atoms with van der Waals surface area (Å²) in [5.41, 5.74) is 2.54. The lowest BCUT2D eigenvalue weighted by Crippen LogP contribution is -2.07. The lowest BCUT2D eigenvalue weighted by atomic mass is 9.98. The van der Waals surface area contributed by atoms with Crippen molar-refractivity contribution < 1.29 is 14.3 Å². The van der Waals surface area contributed by atoms with E-state index < -0.39 is 0 Å². The SMILES string of the molecule is COC(=O)CCOc1ccc(C(C)C)c(C)c1. The third kappa shape index (κ3) is 4.10. The summed E-state index contributed by atoms with van der Waals surface area (Å²) in [6.45, 7) is 6.76. The van der Waals surface area contributed by atoms with E-state index in [0.29, 0.717) is 12.5 Å². The molecule has 1 rings (SSSR count). The molecule has 0 saturated heterocycles. The van der Waals surface area contributed by atoms with Crippen LogP contribution in [0, 0.1) is 6.92 Å². The van der Waals surface area contributed by atoms with Crippen LogP contribution >= 0.6 is 0 Å². The standard InChI is InChI=1S/C14H20O3/c1-10(2)13-6-5-12(9-11(13)3)17-8-7-14(15)16-4/h5-6,9-10H,7-8H2,1-4H3. The topological polar surface area (TPSA) is 35.5 Å². The fraction of sp³-hybridized carbons (Fsp3) is 0.500. The first kappa shape index (κ1) is 13.6. The Morgan fingerprint density at radius 2 is 2.06 bits per heavy atom. The predicted octanol–water partition coefficient (Wildman–Crippen LogP) is 3.06. The van der Waals surface area contributed by atoms with E-state index in [1.165, 1.54) is 18.2 Å². The summed E-state index contributed by atoms with van der Waals surface area (Å²) in [6, 6.07) is 6.03. The van der Waals surface area contributed by atoms with Crippen LogP contribution in [0.2, 0.25) is 0 Å². The van der Waals surface area contributed by atoms with Crippen LogP contribution in [0.3, 0.4) is 0 Å². The highest BCUT2D eigenvalue weighted by molar-refractivity contribution is 5.69. The van der Waals surface area contributed by atoms with Gasteiger partial charge in [-0.05, 0) is 36.1 Å². The molecule has 0 aromatic heterocycles. The summed E-state index contributed by atoms with van der Waals surface area (Å²) in [5.74, 6) is 1.07.